The molecule has 5 heteroatoms. The van der Waals surface area contributed by atoms with Crippen molar-refractivity contribution in [2.45, 2.75) is 32.2 Å². The van der Waals surface area contributed by atoms with Crippen LogP contribution in [0.15, 0.2) is 42.5 Å². The van der Waals surface area contributed by atoms with Gasteiger partial charge in [-0.2, -0.15) is 0 Å². The number of pyridine rings is 1. The summed E-state index contributed by atoms with van der Waals surface area (Å²) < 4.78 is 0. The van der Waals surface area contributed by atoms with Crippen molar-refractivity contribution in [1.29, 1.82) is 0 Å². The topological polar surface area (TPSA) is 70.5 Å². The Hall–Kier alpha value is -2.69. The summed E-state index contributed by atoms with van der Waals surface area (Å²) in [6.07, 6.45) is 0.919. The molecule has 1 fully saturated rings. The van der Waals surface area contributed by atoms with Gasteiger partial charge in [-0.15, -0.1) is 0 Å². The summed E-state index contributed by atoms with van der Waals surface area (Å²) in [6, 6.07) is 13.3. The fourth-order valence-electron chi connectivity index (χ4n) is 3.33. The maximum Gasteiger partial charge on any atom is 0.337 e. The highest BCUT2D eigenvalue weighted by Gasteiger charge is 2.34. The molecule has 2 heterocycles. The number of rotatable bonds is 3. The number of hydrogen-bond donors (Lipinski definition) is 1. The van der Waals surface area contributed by atoms with E-state index in [4.69, 9.17) is 5.11 Å². The molecule has 2 unspecified atom stereocenters. The quantitative estimate of drug-likeness (QED) is 0.942. The number of aromatic nitrogens is 1. The highest BCUT2D eigenvalue weighted by molar-refractivity contribution is 5.94. The smallest absolute Gasteiger partial charge is 0.337 e. The molecule has 0 spiro atoms. The van der Waals surface area contributed by atoms with Gasteiger partial charge in [-0.1, -0.05) is 30.3 Å². The highest BCUT2D eigenvalue weighted by Crippen LogP contribution is 2.32. The number of benzene rings is 1. The second-order valence-electron chi connectivity index (χ2n) is 6.28. The second kappa shape index (κ2) is 6.43. The van der Waals surface area contributed by atoms with E-state index >= 15 is 0 Å². The zero-order valence-electron chi connectivity index (χ0n) is 13.8. The van der Waals surface area contributed by atoms with E-state index in [-0.39, 0.29) is 17.5 Å². The van der Waals surface area contributed by atoms with Crippen LogP contribution >= 0.6 is 0 Å². The molecule has 1 aromatic carbocycles. The van der Waals surface area contributed by atoms with Gasteiger partial charge in [0.25, 0.3) is 5.91 Å². The first-order valence-corrected chi connectivity index (χ1v) is 8.04. The Kier molecular flexibility index (Phi) is 4.34. The lowest BCUT2D eigenvalue weighted by Gasteiger charge is -2.21. The Balaban J connectivity index is 1.80. The van der Waals surface area contributed by atoms with Crippen LogP contribution in [0.25, 0.3) is 0 Å². The number of nitrogens with zero attached hydrogens (tertiary/aromatic N) is 2. The molecule has 24 heavy (non-hydrogen) atoms. The first-order valence-electron chi connectivity index (χ1n) is 8.04. The van der Waals surface area contributed by atoms with Gasteiger partial charge < -0.3 is 10.0 Å². The molecule has 1 aliphatic heterocycles. The summed E-state index contributed by atoms with van der Waals surface area (Å²) in [4.78, 5) is 29.9. The summed E-state index contributed by atoms with van der Waals surface area (Å²) in [5, 5.41) is 9.07. The van der Waals surface area contributed by atoms with Crippen LogP contribution in [0.5, 0.6) is 0 Å². The molecule has 124 valence electrons. The van der Waals surface area contributed by atoms with Gasteiger partial charge in [0, 0.05) is 18.5 Å². The summed E-state index contributed by atoms with van der Waals surface area (Å²) >= 11 is 0. The molecule has 0 saturated carbocycles. The molecule has 0 bridgehead atoms. The van der Waals surface area contributed by atoms with Gasteiger partial charge in [0.05, 0.1) is 11.3 Å². The fraction of sp³-hybridized carbons (Fsp3) is 0.316. The number of carbonyl (C=O) groups excluding carboxylic acids is 1. The van der Waals surface area contributed by atoms with E-state index < -0.39 is 5.97 Å². The third-order valence-electron chi connectivity index (χ3n) is 4.64. The van der Waals surface area contributed by atoms with Crippen LogP contribution in [0.4, 0.5) is 0 Å². The number of likely N-dealkylation sites (tertiary alicyclic amines) is 1. The number of carboxylic acid groups (broad SMARTS) is 1. The van der Waals surface area contributed by atoms with Crippen LogP contribution in [0.2, 0.25) is 0 Å². The molecule has 1 aliphatic rings. The molecular weight excluding hydrogens is 304 g/mol. The van der Waals surface area contributed by atoms with Crippen molar-refractivity contribution < 1.29 is 14.7 Å². The number of aryl methyl sites for hydroxylation is 1. The van der Waals surface area contributed by atoms with Crippen LogP contribution in [0.1, 0.15) is 51.4 Å². The van der Waals surface area contributed by atoms with E-state index in [0.717, 1.165) is 6.42 Å². The standard InChI is InChI=1S/C19H20N2O3/c1-12-10-15(14-6-4-3-5-7-14)11-21(12)18(22)17-9-8-16(19(23)24)13(2)20-17/h3-9,12,15H,10-11H2,1-2H3,(H,23,24). The van der Waals surface area contributed by atoms with Crippen LogP contribution in [0.3, 0.4) is 0 Å². The Morgan fingerprint density at radius 1 is 1.17 bits per heavy atom. The van der Waals surface area contributed by atoms with Crippen molar-refractivity contribution in [3.05, 3.63) is 65.0 Å². The summed E-state index contributed by atoms with van der Waals surface area (Å²) in [6.45, 7) is 4.31. The van der Waals surface area contributed by atoms with E-state index in [1.165, 1.54) is 17.7 Å². The largest absolute Gasteiger partial charge is 0.478 e. The highest BCUT2D eigenvalue weighted by atomic mass is 16.4. The predicted molar refractivity (Wildman–Crippen MR) is 90.2 cm³/mol. The second-order valence-corrected chi connectivity index (χ2v) is 6.28. The van der Waals surface area contributed by atoms with Gasteiger partial charge in [0.1, 0.15) is 5.69 Å². The van der Waals surface area contributed by atoms with Gasteiger partial charge >= 0.3 is 5.97 Å². The minimum absolute atomic E-state index is 0.128. The molecule has 0 aliphatic carbocycles. The summed E-state index contributed by atoms with van der Waals surface area (Å²) in [5.74, 6) is -0.844. The number of hydrogen-bond acceptors (Lipinski definition) is 3. The molecule has 5 nitrogen and oxygen atoms in total. The maximum absolute atomic E-state index is 12.8. The lowest BCUT2D eigenvalue weighted by Crippen LogP contribution is -2.34. The van der Waals surface area contributed by atoms with Crippen molar-refractivity contribution in [2.75, 3.05) is 6.54 Å². The van der Waals surface area contributed by atoms with E-state index in [1.54, 1.807) is 6.92 Å². The first-order chi connectivity index (χ1) is 11.5. The SMILES string of the molecule is Cc1nc(C(=O)N2CC(c3ccccc3)CC2C)ccc1C(=O)O. The van der Waals surface area contributed by atoms with Gasteiger partial charge in [0.15, 0.2) is 0 Å². The molecule has 3 rings (SSSR count). The molecular formula is C19H20N2O3. The summed E-state index contributed by atoms with van der Waals surface area (Å²) in [5.41, 5.74) is 2.03. The maximum atomic E-state index is 12.8. The fourth-order valence-corrected chi connectivity index (χ4v) is 3.33. The third kappa shape index (κ3) is 3.02. The average Bonchev–Trinajstić information content (AvgIpc) is 2.96. The van der Waals surface area contributed by atoms with Crippen molar-refractivity contribution in [3.63, 3.8) is 0 Å². The Labute approximate surface area is 140 Å². The Morgan fingerprint density at radius 3 is 2.50 bits per heavy atom. The lowest BCUT2D eigenvalue weighted by molar-refractivity contribution is 0.0690. The van der Waals surface area contributed by atoms with E-state index in [2.05, 4.69) is 17.1 Å². The van der Waals surface area contributed by atoms with E-state index in [1.807, 2.05) is 30.0 Å². The molecule has 1 saturated heterocycles. The van der Waals surface area contributed by atoms with Crippen LogP contribution in [-0.2, 0) is 0 Å². The van der Waals surface area contributed by atoms with Crippen LogP contribution in [0, 0.1) is 6.92 Å². The van der Waals surface area contributed by atoms with Crippen molar-refractivity contribution in [2.24, 2.45) is 0 Å². The van der Waals surface area contributed by atoms with Crippen molar-refractivity contribution in [3.8, 4) is 0 Å². The first kappa shape index (κ1) is 16.2. The van der Waals surface area contributed by atoms with Crippen LogP contribution < -0.4 is 0 Å². The van der Waals surface area contributed by atoms with Crippen molar-refractivity contribution >= 4 is 11.9 Å². The summed E-state index contributed by atoms with van der Waals surface area (Å²) in [7, 11) is 0. The Bertz CT molecular complexity index is 773. The van der Waals surface area contributed by atoms with Crippen LogP contribution in [-0.4, -0.2) is 39.5 Å². The van der Waals surface area contributed by atoms with Gasteiger partial charge in [-0.05, 0) is 38.0 Å². The minimum atomic E-state index is -1.03. The lowest BCUT2D eigenvalue weighted by atomic mass is 9.97. The monoisotopic (exact) mass is 324 g/mol. The zero-order valence-corrected chi connectivity index (χ0v) is 13.8. The zero-order chi connectivity index (χ0) is 17.3. The third-order valence-corrected chi connectivity index (χ3v) is 4.64. The molecule has 2 aromatic rings. The molecule has 1 aromatic heterocycles. The number of aromatic carboxylic acids is 1. The Morgan fingerprint density at radius 2 is 1.88 bits per heavy atom. The number of carbonyl (C=O) groups is 2. The molecule has 2 atom stereocenters. The molecule has 0 radical (unpaired) electrons. The molecule has 1 N–H and O–H groups in total. The van der Waals surface area contributed by atoms with E-state index in [0.29, 0.717) is 23.9 Å². The minimum Gasteiger partial charge on any atom is -0.478 e. The number of amides is 1. The number of carboxylic acids is 1. The molecule has 1 amide bonds. The average molecular weight is 324 g/mol. The van der Waals surface area contributed by atoms with Gasteiger partial charge in [0.2, 0.25) is 0 Å². The predicted octanol–water partition coefficient (Wildman–Crippen LogP) is 3.11. The normalized spacial score (nSPS) is 20.2. The van der Waals surface area contributed by atoms with E-state index in [9.17, 15) is 9.59 Å². The van der Waals surface area contributed by atoms with Gasteiger partial charge in [-0.25, -0.2) is 9.78 Å². The van der Waals surface area contributed by atoms with Gasteiger partial charge in [-0.3, -0.25) is 4.79 Å². The van der Waals surface area contributed by atoms with Crippen molar-refractivity contribution in [1.82, 2.24) is 9.88 Å².